The van der Waals surface area contributed by atoms with Gasteiger partial charge in [-0.2, -0.15) is 0 Å². The lowest BCUT2D eigenvalue weighted by molar-refractivity contribution is -0.137. The third-order valence-corrected chi connectivity index (χ3v) is 3.14. The number of hydrogen-bond donors (Lipinski definition) is 4. The Morgan fingerprint density at radius 3 is 2.83 bits per heavy atom. The van der Waals surface area contributed by atoms with Crippen molar-refractivity contribution in [1.29, 1.82) is 0 Å². The second kappa shape index (κ2) is 8.82. The third-order valence-electron chi connectivity index (χ3n) is 3.14. The SMILES string of the molecule is O=C(O)CCCNC(=O)NCC(O)COc1ccc2c(c1)OCO2. The van der Waals surface area contributed by atoms with Crippen molar-refractivity contribution in [1.82, 2.24) is 10.6 Å². The number of hydrogen-bond acceptors (Lipinski definition) is 6. The summed E-state index contributed by atoms with van der Waals surface area (Å²) < 4.78 is 15.8. The predicted molar refractivity (Wildman–Crippen MR) is 82.3 cm³/mol. The van der Waals surface area contributed by atoms with Crippen molar-refractivity contribution in [3.8, 4) is 17.2 Å². The summed E-state index contributed by atoms with van der Waals surface area (Å²) in [5.41, 5.74) is 0. The molecule has 9 heteroatoms. The molecule has 0 fully saturated rings. The van der Waals surface area contributed by atoms with Crippen molar-refractivity contribution in [2.24, 2.45) is 0 Å². The second-order valence-electron chi connectivity index (χ2n) is 5.11. The molecule has 24 heavy (non-hydrogen) atoms. The van der Waals surface area contributed by atoms with E-state index in [-0.39, 0.29) is 32.9 Å². The van der Waals surface area contributed by atoms with Crippen molar-refractivity contribution in [2.75, 3.05) is 26.5 Å². The number of fused-ring (bicyclic) bond motifs is 1. The average Bonchev–Trinajstić information content (AvgIpc) is 3.02. The molecular formula is C15H20N2O7. The van der Waals surface area contributed by atoms with E-state index >= 15 is 0 Å². The summed E-state index contributed by atoms with van der Waals surface area (Å²) >= 11 is 0. The van der Waals surface area contributed by atoms with Gasteiger partial charge < -0.3 is 35.1 Å². The molecule has 0 saturated heterocycles. The van der Waals surface area contributed by atoms with Crippen LogP contribution in [0.15, 0.2) is 18.2 Å². The largest absolute Gasteiger partial charge is 0.491 e. The number of nitrogens with one attached hydrogen (secondary N) is 2. The van der Waals surface area contributed by atoms with Gasteiger partial charge in [0.2, 0.25) is 6.79 Å². The van der Waals surface area contributed by atoms with Gasteiger partial charge in [0.15, 0.2) is 11.5 Å². The minimum Gasteiger partial charge on any atom is -0.491 e. The van der Waals surface area contributed by atoms with Gasteiger partial charge in [-0.15, -0.1) is 0 Å². The van der Waals surface area contributed by atoms with E-state index in [2.05, 4.69) is 10.6 Å². The van der Waals surface area contributed by atoms with Crippen LogP contribution in [-0.2, 0) is 4.79 Å². The molecule has 1 aromatic rings. The van der Waals surface area contributed by atoms with Crippen molar-refractivity contribution in [3.63, 3.8) is 0 Å². The number of carbonyl (C=O) groups excluding carboxylic acids is 1. The first-order valence-corrected chi connectivity index (χ1v) is 7.48. The first kappa shape index (κ1) is 17.7. The number of ether oxygens (including phenoxy) is 3. The van der Waals surface area contributed by atoms with Gasteiger partial charge in [-0.1, -0.05) is 0 Å². The molecule has 4 N–H and O–H groups in total. The van der Waals surface area contributed by atoms with Crippen LogP contribution in [0.1, 0.15) is 12.8 Å². The van der Waals surface area contributed by atoms with Crippen LogP contribution in [0.4, 0.5) is 4.79 Å². The predicted octanol–water partition coefficient (Wildman–Crippen LogP) is 0.319. The van der Waals surface area contributed by atoms with E-state index in [4.69, 9.17) is 19.3 Å². The van der Waals surface area contributed by atoms with E-state index in [9.17, 15) is 14.7 Å². The highest BCUT2D eigenvalue weighted by molar-refractivity contribution is 5.73. The molecule has 1 aliphatic heterocycles. The molecule has 9 nitrogen and oxygen atoms in total. The lowest BCUT2D eigenvalue weighted by Gasteiger charge is -2.14. The molecule has 132 valence electrons. The summed E-state index contributed by atoms with van der Waals surface area (Å²) in [5.74, 6) is 0.842. The first-order chi connectivity index (χ1) is 11.5. The lowest BCUT2D eigenvalue weighted by Crippen LogP contribution is -2.41. The highest BCUT2D eigenvalue weighted by atomic mass is 16.7. The van der Waals surface area contributed by atoms with Crippen LogP contribution in [0, 0.1) is 0 Å². The monoisotopic (exact) mass is 340 g/mol. The Labute approximate surface area is 138 Å². The molecule has 1 heterocycles. The van der Waals surface area contributed by atoms with Gasteiger partial charge in [-0.3, -0.25) is 4.79 Å². The molecule has 2 rings (SSSR count). The molecule has 0 radical (unpaired) electrons. The zero-order valence-corrected chi connectivity index (χ0v) is 13.0. The molecule has 1 atom stereocenters. The molecule has 1 aromatic carbocycles. The topological polar surface area (TPSA) is 126 Å². The van der Waals surface area contributed by atoms with Gasteiger partial charge in [-0.05, 0) is 18.6 Å². The molecule has 1 aliphatic rings. The average molecular weight is 340 g/mol. The molecular weight excluding hydrogens is 320 g/mol. The van der Waals surface area contributed by atoms with E-state index in [1.807, 2.05) is 0 Å². The number of rotatable bonds is 9. The number of carboxylic acids is 1. The minimum atomic E-state index is -0.909. The van der Waals surface area contributed by atoms with Gasteiger partial charge in [0.1, 0.15) is 18.5 Å². The minimum absolute atomic E-state index is 0.00105. The molecule has 0 saturated carbocycles. The Hall–Kier alpha value is -2.68. The first-order valence-electron chi connectivity index (χ1n) is 7.48. The van der Waals surface area contributed by atoms with Crippen LogP contribution in [0.5, 0.6) is 17.2 Å². The van der Waals surface area contributed by atoms with Gasteiger partial charge in [0.25, 0.3) is 0 Å². The Kier molecular flexibility index (Phi) is 6.50. The number of benzene rings is 1. The van der Waals surface area contributed by atoms with Crippen LogP contribution in [0.3, 0.4) is 0 Å². The van der Waals surface area contributed by atoms with E-state index in [0.717, 1.165) is 0 Å². The number of carbonyl (C=O) groups is 2. The standard InChI is InChI=1S/C15H20N2O7/c18-10(7-17-15(21)16-5-1-2-14(19)20)8-22-11-3-4-12-13(6-11)24-9-23-12/h3-4,6,10,18H,1-2,5,7-9H2,(H,19,20)(H2,16,17,21). The van der Waals surface area contributed by atoms with Gasteiger partial charge in [0.05, 0.1) is 0 Å². The molecule has 1 unspecified atom stereocenters. The fourth-order valence-electron chi connectivity index (χ4n) is 1.93. The second-order valence-corrected chi connectivity index (χ2v) is 5.11. The maximum Gasteiger partial charge on any atom is 0.314 e. The number of aliphatic hydroxyl groups is 1. The van der Waals surface area contributed by atoms with Crippen molar-refractivity contribution in [2.45, 2.75) is 18.9 Å². The fourth-order valence-corrected chi connectivity index (χ4v) is 1.93. The number of amides is 2. The van der Waals surface area contributed by atoms with Crippen LogP contribution in [0.2, 0.25) is 0 Å². The Morgan fingerprint density at radius 1 is 1.25 bits per heavy atom. The summed E-state index contributed by atoms with van der Waals surface area (Å²) in [6.45, 7) is 0.434. The van der Waals surface area contributed by atoms with Crippen LogP contribution < -0.4 is 24.8 Å². The van der Waals surface area contributed by atoms with Crippen molar-refractivity contribution < 1.29 is 34.0 Å². The number of aliphatic carboxylic acids is 1. The number of carboxylic acid groups (broad SMARTS) is 1. The summed E-state index contributed by atoms with van der Waals surface area (Å²) in [6.07, 6.45) is -0.551. The van der Waals surface area contributed by atoms with Crippen molar-refractivity contribution >= 4 is 12.0 Å². The van der Waals surface area contributed by atoms with E-state index in [1.54, 1.807) is 18.2 Å². The summed E-state index contributed by atoms with van der Waals surface area (Å²) in [5, 5.41) is 23.2. The molecule has 0 spiro atoms. The van der Waals surface area contributed by atoms with Crippen LogP contribution >= 0.6 is 0 Å². The van der Waals surface area contributed by atoms with E-state index < -0.39 is 18.1 Å². The molecule has 0 aliphatic carbocycles. The number of aliphatic hydroxyl groups excluding tert-OH is 1. The highest BCUT2D eigenvalue weighted by Gasteiger charge is 2.14. The van der Waals surface area contributed by atoms with Gasteiger partial charge in [-0.25, -0.2) is 4.79 Å². The Balaban J connectivity index is 1.60. The zero-order valence-electron chi connectivity index (χ0n) is 13.0. The third kappa shape index (κ3) is 5.84. The molecule has 0 aromatic heterocycles. The van der Waals surface area contributed by atoms with Gasteiger partial charge in [0, 0.05) is 25.6 Å². The number of urea groups is 1. The Morgan fingerprint density at radius 2 is 2.04 bits per heavy atom. The zero-order chi connectivity index (χ0) is 17.4. The van der Waals surface area contributed by atoms with E-state index in [0.29, 0.717) is 23.7 Å². The summed E-state index contributed by atoms with van der Waals surface area (Å²) in [6, 6.07) is 4.61. The smallest absolute Gasteiger partial charge is 0.314 e. The molecule has 2 amide bonds. The fraction of sp³-hybridized carbons (Fsp3) is 0.467. The summed E-state index contributed by atoms with van der Waals surface area (Å²) in [4.78, 5) is 21.8. The Bertz CT molecular complexity index is 579. The van der Waals surface area contributed by atoms with E-state index in [1.165, 1.54) is 0 Å². The van der Waals surface area contributed by atoms with Crippen molar-refractivity contribution in [3.05, 3.63) is 18.2 Å². The maximum atomic E-state index is 11.4. The van der Waals surface area contributed by atoms with Crippen LogP contribution in [0.25, 0.3) is 0 Å². The lowest BCUT2D eigenvalue weighted by atomic mass is 10.3. The maximum absolute atomic E-state index is 11.4. The normalized spacial score (nSPS) is 13.2. The quantitative estimate of drug-likeness (QED) is 0.477. The van der Waals surface area contributed by atoms with Crippen LogP contribution in [-0.4, -0.2) is 54.8 Å². The summed E-state index contributed by atoms with van der Waals surface area (Å²) in [7, 11) is 0. The highest BCUT2D eigenvalue weighted by Crippen LogP contribution is 2.35. The van der Waals surface area contributed by atoms with Gasteiger partial charge >= 0.3 is 12.0 Å². The molecule has 0 bridgehead atoms.